The average molecular weight is 319 g/mol. The van der Waals surface area contributed by atoms with Crippen molar-refractivity contribution in [3.8, 4) is 0 Å². The molecule has 0 aromatic carbocycles. The maximum atomic E-state index is 11.4. The molecule has 0 aliphatic heterocycles. The third-order valence-electron chi connectivity index (χ3n) is 3.26. The molecule has 0 spiro atoms. The fraction of sp³-hybridized carbons (Fsp3) is 0.867. The molecule has 0 aromatic heterocycles. The van der Waals surface area contributed by atoms with E-state index in [0.29, 0.717) is 6.42 Å². The van der Waals surface area contributed by atoms with Crippen molar-refractivity contribution in [2.75, 3.05) is 0 Å². The van der Waals surface area contributed by atoms with Crippen molar-refractivity contribution in [1.29, 1.82) is 0 Å². The number of unbranched alkanes of at least 4 members (excludes halogenated alkanes) is 8. The van der Waals surface area contributed by atoms with Crippen LogP contribution in [0.1, 0.15) is 80.9 Å². The molecule has 4 nitrogen and oxygen atoms in total. The predicted molar refractivity (Wildman–Crippen MR) is 79.3 cm³/mol. The standard InChI is InChI=1S/C15H29NO3.2Na.2H/c1-3-4-5-6-7-8-9-10-11-12-14(17)16-13(2)15(18)19;;;;/h13H,3-12H2,1-2H3,(H,16,17)(H,18,19);;;;/q;2*+1;2*-1. The molecule has 0 fully saturated rings. The summed E-state index contributed by atoms with van der Waals surface area (Å²) in [5.41, 5.74) is 0. The largest absolute Gasteiger partial charge is 1.00 e. The average Bonchev–Trinajstić information content (AvgIpc) is 2.36. The Bertz CT molecular complexity index is 273. The third kappa shape index (κ3) is 18.9. The minimum atomic E-state index is -0.986. The first kappa shape index (κ1) is 26.8. The molecule has 6 heteroatoms. The summed E-state index contributed by atoms with van der Waals surface area (Å²) < 4.78 is 0. The van der Waals surface area contributed by atoms with Crippen LogP contribution in [0.4, 0.5) is 0 Å². The second kappa shape index (κ2) is 19.0. The third-order valence-corrected chi connectivity index (χ3v) is 3.26. The molecule has 0 bridgehead atoms. The second-order valence-corrected chi connectivity index (χ2v) is 5.21. The zero-order chi connectivity index (χ0) is 14.5. The number of carbonyl (C=O) groups excluding carboxylic acids is 1. The number of carbonyl (C=O) groups is 2. The van der Waals surface area contributed by atoms with Gasteiger partial charge in [-0.2, -0.15) is 0 Å². The number of carboxylic acids is 1. The Balaban J connectivity index is -0.000000270. The first-order valence-corrected chi connectivity index (χ1v) is 7.60. The van der Waals surface area contributed by atoms with Crippen LogP contribution in [-0.2, 0) is 9.59 Å². The minimum absolute atomic E-state index is 0. The van der Waals surface area contributed by atoms with E-state index < -0.39 is 12.0 Å². The molecule has 0 aromatic rings. The van der Waals surface area contributed by atoms with E-state index in [4.69, 9.17) is 5.11 Å². The summed E-state index contributed by atoms with van der Waals surface area (Å²) in [5.74, 6) is -1.14. The summed E-state index contributed by atoms with van der Waals surface area (Å²) in [6, 6.07) is -0.786. The van der Waals surface area contributed by atoms with Crippen LogP contribution in [-0.4, -0.2) is 23.0 Å². The summed E-state index contributed by atoms with van der Waals surface area (Å²) in [6.07, 6.45) is 11.3. The van der Waals surface area contributed by atoms with Crippen LogP contribution in [0, 0.1) is 0 Å². The van der Waals surface area contributed by atoms with Gasteiger partial charge < -0.3 is 13.3 Å². The Kier molecular flexibility index (Phi) is 24.2. The molecule has 1 atom stereocenters. The Labute approximate surface area is 176 Å². The number of aliphatic carboxylic acids is 1. The molecular weight excluding hydrogens is 288 g/mol. The van der Waals surface area contributed by atoms with Crippen molar-refractivity contribution in [2.45, 2.75) is 84.1 Å². The van der Waals surface area contributed by atoms with Gasteiger partial charge >= 0.3 is 65.1 Å². The van der Waals surface area contributed by atoms with Crippen molar-refractivity contribution in [3.63, 3.8) is 0 Å². The monoisotopic (exact) mass is 319 g/mol. The number of hydrogen-bond donors (Lipinski definition) is 2. The van der Waals surface area contributed by atoms with Gasteiger partial charge in [0.2, 0.25) is 5.91 Å². The molecular formula is C15H31NNa2O3. The van der Waals surface area contributed by atoms with Gasteiger partial charge in [0.05, 0.1) is 0 Å². The zero-order valence-electron chi connectivity index (χ0n) is 16.4. The zero-order valence-corrected chi connectivity index (χ0v) is 18.4. The topological polar surface area (TPSA) is 66.4 Å². The molecule has 1 unspecified atom stereocenters. The quantitative estimate of drug-likeness (QED) is 0.315. The van der Waals surface area contributed by atoms with Gasteiger partial charge in [-0.05, 0) is 13.3 Å². The van der Waals surface area contributed by atoms with E-state index in [1.54, 1.807) is 0 Å². The Morgan fingerprint density at radius 2 is 1.38 bits per heavy atom. The molecule has 0 saturated heterocycles. The van der Waals surface area contributed by atoms with Crippen molar-refractivity contribution < 1.29 is 76.7 Å². The molecule has 116 valence electrons. The van der Waals surface area contributed by atoms with Gasteiger partial charge in [-0.15, -0.1) is 0 Å². The van der Waals surface area contributed by atoms with E-state index in [1.807, 2.05) is 0 Å². The van der Waals surface area contributed by atoms with E-state index in [0.717, 1.165) is 12.8 Å². The summed E-state index contributed by atoms with van der Waals surface area (Å²) in [5, 5.41) is 11.1. The van der Waals surface area contributed by atoms with Crippen LogP contribution >= 0.6 is 0 Å². The first-order valence-electron chi connectivity index (χ1n) is 7.60. The van der Waals surface area contributed by atoms with Crippen molar-refractivity contribution in [2.24, 2.45) is 0 Å². The Morgan fingerprint density at radius 3 is 1.81 bits per heavy atom. The van der Waals surface area contributed by atoms with E-state index in [9.17, 15) is 9.59 Å². The number of amides is 1. The van der Waals surface area contributed by atoms with Crippen molar-refractivity contribution in [1.82, 2.24) is 5.32 Å². The predicted octanol–water partition coefficient (Wildman–Crippen LogP) is -2.27. The van der Waals surface area contributed by atoms with E-state index in [1.165, 1.54) is 51.9 Å². The number of rotatable bonds is 12. The van der Waals surface area contributed by atoms with Gasteiger partial charge in [-0.25, -0.2) is 0 Å². The number of hydrogen-bond acceptors (Lipinski definition) is 2. The SMILES string of the molecule is CCCCCCCCCCCC(=O)NC(C)C(=O)O.[H-].[H-].[Na+].[Na+]. The van der Waals surface area contributed by atoms with Gasteiger partial charge in [0.1, 0.15) is 6.04 Å². The fourth-order valence-corrected chi connectivity index (χ4v) is 1.97. The summed E-state index contributed by atoms with van der Waals surface area (Å²) in [6.45, 7) is 3.70. The minimum Gasteiger partial charge on any atom is -1.00 e. The van der Waals surface area contributed by atoms with Gasteiger partial charge in [0.25, 0.3) is 0 Å². The number of carboxylic acid groups (broad SMARTS) is 1. The van der Waals surface area contributed by atoms with Crippen LogP contribution in [0.15, 0.2) is 0 Å². The van der Waals surface area contributed by atoms with E-state index in [-0.39, 0.29) is 67.9 Å². The second-order valence-electron chi connectivity index (χ2n) is 5.21. The molecule has 2 N–H and O–H groups in total. The van der Waals surface area contributed by atoms with E-state index >= 15 is 0 Å². The van der Waals surface area contributed by atoms with Crippen LogP contribution in [0.3, 0.4) is 0 Å². The molecule has 0 rings (SSSR count). The fourth-order valence-electron chi connectivity index (χ4n) is 1.97. The maximum Gasteiger partial charge on any atom is 1.00 e. The Morgan fingerprint density at radius 1 is 0.952 bits per heavy atom. The summed E-state index contributed by atoms with van der Waals surface area (Å²) >= 11 is 0. The summed E-state index contributed by atoms with van der Waals surface area (Å²) in [4.78, 5) is 21.9. The first-order chi connectivity index (χ1) is 9.07. The van der Waals surface area contributed by atoms with Crippen molar-refractivity contribution >= 4 is 11.9 Å². The maximum absolute atomic E-state index is 11.4. The molecule has 0 saturated carbocycles. The van der Waals surface area contributed by atoms with Gasteiger partial charge in [0, 0.05) is 6.42 Å². The van der Waals surface area contributed by atoms with Crippen molar-refractivity contribution in [3.05, 3.63) is 0 Å². The van der Waals surface area contributed by atoms with E-state index in [2.05, 4.69) is 12.2 Å². The van der Waals surface area contributed by atoms with Gasteiger partial charge in [-0.1, -0.05) is 58.3 Å². The molecule has 1 amide bonds. The Hall–Kier alpha value is 0.940. The smallest absolute Gasteiger partial charge is 1.00 e. The normalized spacial score (nSPS) is 11.0. The van der Waals surface area contributed by atoms with Crippen LogP contribution < -0.4 is 64.4 Å². The van der Waals surface area contributed by atoms with Crippen LogP contribution in [0.5, 0.6) is 0 Å². The summed E-state index contributed by atoms with van der Waals surface area (Å²) in [7, 11) is 0. The number of nitrogens with one attached hydrogen (secondary N) is 1. The molecule has 0 radical (unpaired) electrons. The molecule has 0 heterocycles. The molecule has 21 heavy (non-hydrogen) atoms. The van der Waals surface area contributed by atoms with Crippen LogP contribution in [0.2, 0.25) is 0 Å². The van der Waals surface area contributed by atoms with Crippen LogP contribution in [0.25, 0.3) is 0 Å². The van der Waals surface area contributed by atoms with Gasteiger partial charge in [0.15, 0.2) is 0 Å². The van der Waals surface area contributed by atoms with Gasteiger partial charge in [-0.3, -0.25) is 9.59 Å². The molecule has 0 aliphatic carbocycles. The molecule has 0 aliphatic rings.